The van der Waals surface area contributed by atoms with Crippen LogP contribution in [0.5, 0.6) is 0 Å². The molecule has 0 N–H and O–H groups in total. The largest absolute Gasteiger partial charge is 0.298 e. The SMILES string of the molecule is CCCc1cccc(-c2ccc(C=O)cc2)c1. The maximum absolute atomic E-state index is 10.6. The zero-order chi connectivity index (χ0) is 12.1. The molecule has 0 bridgehead atoms. The van der Waals surface area contributed by atoms with E-state index in [9.17, 15) is 4.79 Å². The minimum Gasteiger partial charge on any atom is -0.298 e. The van der Waals surface area contributed by atoms with E-state index < -0.39 is 0 Å². The van der Waals surface area contributed by atoms with Gasteiger partial charge in [-0.05, 0) is 23.1 Å². The monoisotopic (exact) mass is 224 g/mol. The molecule has 2 rings (SSSR count). The smallest absolute Gasteiger partial charge is 0.150 e. The van der Waals surface area contributed by atoms with Crippen molar-refractivity contribution >= 4 is 6.29 Å². The lowest BCUT2D eigenvalue weighted by Crippen LogP contribution is -1.85. The van der Waals surface area contributed by atoms with Crippen molar-refractivity contribution in [1.82, 2.24) is 0 Å². The zero-order valence-corrected chi connectivity index (χ0v) is 10.0. The molecule has 17 heavy (non-hydrogen) atoms. The van der Waals surface area contributed by atoms with Crippen molar-refractivity contribution in [2.45, 2.75) is 19.8 Å². The normalized spacial score (nSPS) is 10.2. The molecule has 0 saturated carbocycles. The van der Waals surface area contributed by atoms with Crippen molar-refractivity contribution < 1.29 is 4.79 Å². The van der Waals surface area contributed by atoms with Gasteiger partial charge in [-0.25, -0.2) is 0 Å². The Morgan fingerprint density at radius 2 is 1.76 bits per heavy atom. The molecular weight excluding hydrogens is 208 g/mol. The maximum Gasteiger partial charge on any atom is 0.150 e. The van der Waals surface area contributed by atoms with Crippen LogP contribution in [0, 0.1) is 0 Å². The van der Waals surface area contributed by atoms with Gasteiger partial charge in [0.1, 0.15) is 6.29 Å². The van der Waals surface area contributed by atoms with Crippen molar-refractivity contribution in [3.05, 3.63) is 59.7 Å². The molecule has 0 spiro atoms. The highest BCUT2D eigenvalue weighted by Crippen LogP contribution is 2.21. The van der Waals surface area contributed by atoms with E-state index in [1.807, 2.05) is 24.3 Å². The quantitative estimate of drug-likeness (QED) is 0.714. The van der Waals surface area contributed by atoms with Crippen LogP contribution in [0.1, 0.15) is 29.3 Å². The molecule has 2 aromatic rings. The van der Waals surface area contributed by atoms with Crippen LogP contribution in [-0.2, 0) is 6.42 Å². The Balaban J connectivity index is 2.31. The summed E-state index contributed by atoms with van der Waals surface area (Å²) in [5.74, 6) is 0. The lowest BCUT2D eigenvalue weighted by Gasteiger charge is -2.05. The molecule has 0 saturated heterocycles. The Kier molecular flexibility index (Phi) is 3.71. The Labute approximate surface area is 102 Å². The predicted molar refractivity (Wildman–Crippen MR) is 71.3 cm³/mol. The number of hydrogen-bond acceptors (Lipinski definition) is 1. The molecule has 1 nitrogen and oxygen atoms in total. The van der Waals surface area contributed by atoms with Crippen LogP contribution in [0.4, 0.5) is 0 Å². The summed E-state index contributed by atoms with van der Waals surface area (Å²) in [5, 5.41) is 0. The number of aldehydes is 1. The maximum atomic E-state index is 10.6. The number of carbonyl (C=O) groups is 1. The summed E-state index contributed by atoms with van der Waals surface area (Å²) in [4.78, 5) is 10.6. The van der Waals surface area contributed by atoms with Gasteiger partial charge in [-0.15, -0.1) is 0 Å². The van der Waals surface area contributed by atoms with Crippen molar-refractivity contribution in [2.24, 2.45) is 0 Å². The van der Waals surface area contributed by atoms with Gasteiger partial charge in [0.15, 0.2) is 0 Å². The Bertz CT molecular complexity index is 497. The Morgan fingerprint density at radius 3 is 2.41 bits per heavy atom. The Hall–Kier alpha value is -1.89. The molecule has 0 fully saturated rings. The number of carbonyl (C=O) groups excluding carboxylic acids is 1. The van der Waals surface area contributed by atoms with E-state index in [1.54, 1.807) is 0 Å². The second-order valence-corrected chi connectivity index (χ2v) is 4.19. The minimum atomic E-state index is 0.721. The summed E-state index contributed by atoms with van der Waals surface area (Å²) in [5.41, 5.74) is 4.46. The average molecular weight is 224 g/mol. The van der Waals surface area contributed by atoms with Crippen LogP contribution < -0.4 is 0 Å². The second kappa shape index (κ2) is 5.44. The third kappa shape index (κ3) is 2.82. The molecule has 86 valence electrons. The van der Waals surface area contributed by atoms with Gasteiger partial charge in [-0.1, -0.05) is 61.9 Å². The van der Waals surface area contributed by atoms with Crippen LogP contribution in [0.3, 0.4) is 0 Å². The van der Waals surface area contributed by atoms with E-state index in [2.05, 4.69) is 31.2 Å². The zero-order valence-electron chi connectivity index (χ0n) is 10.0. The first kappa shape index (κ1) is 11.6. The summed E-state index contributed by atoms with van der Waals surface area (Å²) in [6.07, 6.45) is 3.14. The molecule has 0 amide bonds. The average Bonchev–Trinajstić information content (AvgIpc) is 2.40. The third-order valence-electron chi connectivity index (χ3n) is 2.85. The van der Waals surface area contributed by atoms with Gasteiger partial charge in [-0.2, -0.15) is 0 Å². The summed E-state index contributed by atoms with van der Waals surface area (Å²) in [6.45, 7) is 2.19. The highest BCUT2D eigenvalue weighted by atomic mass is 16.1. The first-order chi connectivity index (χ1) is 8.33. The van der Waals surface area contributed by atoms with Gasteiger partial charge in [0, 0.05) is 5.56 Å². The van der Waals surface area contributed by atoms with Crippen molar-refractivity contribution in [3.63, 3.8) is 0 Å². The topological polar surface area (TPSA) is 17.1 Å². The number of rotatable bonds is 4. The highest BCUT2D eigenvalue weighted by molar-refractivity contribution is 5.77. The molecule has 0 aliphatic carbocycles. The molecule has 0 aliphatic heterocycles. The van der Waals surface area contributed by atoms with E-state index in [-0.39, 0.29) is 0 Å². The summed E-state index contributed by atoms with van der Waals surface area (Å²) in [7, 11) is 0. The molecule has 0 radical (unpaired) electrons. The van der Waals surface area contributed by atoms with Gasteiger partial charge >= 0.3 is 0 Å². The fourth-order valence-corrected chi connectivity index (χ4v) is 1.95. The number of aryl methyl sites for hydroxylation is 1. The number of hydrogen-bond donors (Lipinski definition) is 0. The molecule has 0 unspecified atom stereocenters. The fourth-order valence-electron chi connectivity index (χ4n) is 1.95. The molecule has 0 atom stereocenters. The predicted octanol–water partition coefficient (Wildman–Crippen LogP) is 4.12. The van der Waals surface area contributed by atoms with Gasteiger partial charge in [0.05, 0.1) is 0 Å². The van der Waals surface area contributed by atoms with Crippen molar-refractivity contribution in [3.8, 4) is 11.1 Å². The van der Waals surface area contributed by atoms with Gasteiger partial charge in [0.25, 0.3) is 0 Å². The van der Waals surface area contributed by atoms with Gasteiger partial charge in [-0.3, -0.25) is 4.79 Å². The summed E-state index contributed by atoms with van der Waals surface area (Å²) >= 11 is 0. The van der Waals surface area contributed by atoms with Crippen molar-refractivity contribution in [2.75, 3.05) is 0 Å². The first-order valence-electron chi connectivity index (χ1n) is 5.98. The lowest BCUT2D eigenvalue weighted by molar-refractivity contribution is 0.112. The molecule has 0 aromatic heterocycles. The molecule has 2 aromatic carbocycles. The van der Waals surface area contributed by atoms with Gasteiger partial charge < -0.3 is 0 Å². The van der Waals surface area contributed by atoms with Crippen LogP contribution in [-0.4, -0.2) is 6.29 Å². The molecule has 0 heterocycles. The molecule has 0 aliphatic rings. The van der Waals surface area contributed by atoms with Gasteiger partial charge in [0.2, 0.25) is 0 Å². The standard InChI is InChI=1S/C16H16O/c1-2-4-13-5-3-6-16(11-13)15-9-7-14(12-17)8-10-15/h3,5-12H,2,4H2,1H3. The Morgan fingerprint density at radius 1 is 1.00 bits per heavy atom. The fraction of sp³-hybridized carbons (Fsp3) is 0.188. The highest BCUT2D eigenvalue weighted by Gasteiger charge is 1.99. The van der Waals surface area contributed by atoms with Crippen LogP contribution in [0.15, 0.2) is 48.5 Å². The van der Waals surface area contributed by atoms with Crippen LogP contribution in [0.25, 0.3) is 11.1 Å². The minimum absolute atomic E-state index is 0.721. The van der Waals surface area contributed by atoms with Crippen LogP contribution in [0.2, 0.25) is 0 Å². The van der Waals surface area contributed by atoms with E-state index in [0.29, 0.717) is 0 Å². The van der Waals surface area contributed by atoms with Crippen LogP contribution >= 0.6 is 0 Å². The van der Waals surface area contributed by atoms with E-state index >= 15 is 0 Å². The second-order valence-electron chi connectivity index (χ2n) is 4.19. The van der Waals surface area contributed by atoms with E-state index in [4.69, 9.17) is 0 Å². The van der Waals surface area contributed by atoms with E-state index in [0.717, 1.165) is 30.3 Å². The van der Waals surface area contributed by atoms with E-state index in [1.165, 1.54) is 11.1 Å². The first-order valence-corrected chi connectivity index (χ1v) is 5.98. The summed E-state index contributed by atoms with van der Waals surface area (Å²) in [6, 6.07) is 16.3. The van der Waals surface area contributed by atoms with Crippen molar-refractivity contribution in [1.29, 1.82) is 0 Å². The molecular formula is C16H16O. The molecule has 1 heteroatoms. The number of benzene rings is 2. The third-order valence-corrected chi connectivity index (χ3v) is 2.85. The lowest BCUT2D eigenvalue weighted by atomic mass is 10.0. The summed E-state index contributed by atoms with van der Waals surface area (Å²) < 4.78 is 0.